The van der Waals surface area contributed by atoms with E-state index in [1.807, 2.05) is 64.4 Å². The molecule has 2 aromatic heterocycles. The molecule has 0 atom stereocenters. The van der Waals surface area contributed by atoms with Gasteiger partial charge in [0.25, 0.3) is 0 Å². The molecule has 1 aliphatic rings. The van der Waals surface area contributed by atoms with Crippen LogP contribution >= 0.6 is 46.0 Å². The number of thiophene rings is 2. The minimum absolute atomic E-state index is 0.0960. The maximum Gasteiger partial charge on any atom is 0.206 e. The molecule has 4 nitrogen and oxygen atoms in total. The highest BCUT2D eigenvalue weighted by Gasteiger charge is 2.33. The number of benzene rings is 1. The van der Waals surface area contributed by atoms with E-state index in [1.54, 1.807) is 35.6 Å². The SMILES string of the molecule is CSC1=C(C(=O)c2cccs2)C(=C(C#N)C#N)C=C(c2cccs2)N1c1ccc(Cl)cc1. The van der Waals surface area contributed by atoms with Crippen LogP contribution < -0.4 is 4.90 Å². The Kier molecular flexibility index (Phi) is 6.64. The maximum atomic E-state index is 13.6. The second-order valence-corrected chi connectivity index (χ2v) is 9.65. The lowest BCUT2D eigenvalue weighted by Crippen LogP contribution is -2.27. The molecule has 8 heteroatoms. The Morgan fingerprint density at radius 2 is 1.72 bits per heavy atom. The first kappa shape index (κ1) is 22.1. The number of allylic oxidation sites excluding steroid dienone is 4. The predicted octanol–water partition coefficient (Wildman–Crippen LogP) is 7.13. The molecule has 0 bridgehead atoms. The number of rotatable bonds is 5. The number of halogens is 1. The molecule has 32 heavy (non-hydrogen) atoms. The smallest absolute Gasteiger partial charge is 0.206 e. The van der Waals surface area contributed by atoms with Crippen LogP contribution in [-0.2, 0) is 0 Å². The Labute approximate surface area is 203 Å². The largest absolute Gasteiger partial charge is 0.303 e. The highest BCUT2D eigenvalue weighted by Crippen LogP contribution is 2.45. The van der Waals surface area contributed by atoms with Gasteiger partial charge in [0.05, 0.1) is 26.1 Å². The van der Waals surface area contributed by atoms with Crippen LogP contribution in [0.5, 0.6) is 0 Å². The lowest BCUT2D eigenvalue weighted by atomic mass is 9.92. The minimum atomic E-state index is -0.220. The number of Topliss-reactive ketones (excluding diaryl/α,β-unsaturated/α-hetero) is 1. The highest BCUT2D eigenvalue weighted by atomic mass is 35.5. The number of nitrogens with zero attached hydrogens (tertiary/aromatic N) is 3. The number of anilines is 1. The standard InChI is InChI=1S/C24H14ClN3OS3/c1-30-24-22(23(29)21-5-3-11-32-21)18(15(13-26)14-27)12-19(20-4-2-10-31-20)28(24)17-8-6-16(25)7-9-17/h2-12H,1H3. The Morgan fingerprint density at radius 1 is 1.03 bits per heavy atom. The van der Waals surface area contributed by atoms with Crippen LogP contribution in [0.2, 0.25) is 5.02 Å². The van der Waals surface area contributed by atoms with Gasteiger partial charge in [-0.15, -0.1) is 34.4 Å². The zero-order chi connectivity index (χ0) is 22.7. The summed E-state index contributed by atoms with van der Waals surface area (Å²) in [5.74, 6) is -0.220. The Hall–Kier alpha value is -3.07. The zero-order valence-corrected chi connectivity index (χ0v) is 19.9. The quantitative estimate of drug-likeness (QED) is 0.280. The van der Waals surface area contributed by atoms with E-state index < -0.39 is 0 Å². The second-order valence-electron chi connectivity index (χ2n) is 6.52. The van der Waals surface area contributed by atoms with E-state index in [2.05, 4.69) is 0 Å². The molecule has 0 saturated heterocycles. The van der Waals surface area contributed by atoms with Crippen LogP contribution in [0.4, 0.5) is 5.69 Å². The van der Waals surface area contributed by atoms with Crippen LogP contribution in [0, 0.1) is 22.7 Å². The molecular formula is C24H14ClN3OS3. The van der Waals surface area contributed by atoms with Crippen molar-refractivity contribution >= 4 is 63.2 Å². The molecule has 3 heterocycles. The molecule has 0 saturated carbocycles. The molecule has 0 aliphatic carbocycles. The normalized spacial score (nSPS) is 13.4. The van der Waals surface area contributed by atoms with E-state index in [-0.39, 0.29) is 11.4 Å². The number of carbonyl (C=O) groups excluding carboxylic acids is 1. The van der Waals surface area contributed by atoms with Crippen molar-refractivity contribution in [1.82, 2.24) is 0 Å². The summed E-state index contributed by atoms with van der Waals surface area (Å²) in [6, 6.07) is 18.8. The summed E-state index contributed by atoms with van der Waals surface area (Å²) < 4.78 is 0. The summed E-state index contributed by atoms with van der Waals surface area (Å²) >= 11 is 10.4. The average Bonchev–Trinajstić information content (AvgIpc) is 3.54. The van der Waals surface area contributed by atoms with E-state index in [0.29, 0.717) is 26.1 Å². The molecule has 3 aromatic rings. The molecule has 0 radical (unpaired) electrons. The Bertz CT molecular complexity index is 1320. The highest BCUT2D eigenvalue weighted by molar-refractivity contribution is 8.02. The van der Waals surface area contributed by atoms with Gasteiger partial charge >= 0.3 is 0 Å². The molecule has 0 fully saturated rings. The van der Waals surface area contributed by atoms with Gasteiger partial charge < -0.3 is 4.90 Å². The molecule has 0 spiro atoms. The van der Waals surface area contributed by atoms with Gasteiger partial charge in [-0.05, 0) is 59.5 Å². The molecule has 156 valence electrons. The summed E-state index contributed by atoms with van der Waals surface area (Å²) in [7, 11) is 0. The van der Waals surface area contributed by atoms with Crippen molar-refractivity contribution in [1.29, 1.82) is 10.5 Å². The van der Waals surface area contributed by atoms with Crippen molar-refractivity contribution in [3.8, 4) is 12.1 Å². The fourth-order valence-electron chi connectivity index (χ4n) is 3.35. The Balaban J connectivity index is 2.06. The summed E-state index contributed by atoms with van der Waals surface area (Å²) in [6.45, 7) is 0. The first-order chi connectivity index (χ1) is 15.6. The van der Waals surface area contributed by atoms with Crippen molar-refractivity contribution in [2.24, 2.45) is 0 Å². The van der Waals surface area contributed by atoms with E-state index in [4.69, 9.17) is 11.6 Å². The van der Waals surface area contributed by atoms with Crippen molar-refractivity contribution in [3.63, 3.8) is 0 Å². The second kappa shape index (κ2) is 9.60. The summed E-state index contributed by atoms with van der Waals surface area (Å²) in [6.07, 6.45) is 3.65. The predicted molar refractivity (Wildman–Crippen MR) is 134 cm³/mol. The fourth-order valence-corrected chi connectivity index (χ4v) is 5.67. The van der Waals surface area contributed by atoms with Crippen LogP contribution in [0.15, 0.2) is 87.1 Å². The Morgan fingerprint density at radius 3 is 2.28 bits per heavy atom. The number of carbonyl (C=O) groups is 1. The van der Waals surface area contributed by atoms with Gasteiger partial charge in [-0.25, -0.2) is 0 Å². The van der Waals surface area contributed by atoms with Gasteiger partial charge in [-0.3, -0.25) is 4.79 Å². The molecule has 0 unspecified atom stereocenters. The number of ketones is 1. The number of nitriles is 2. The van der Waals surface area contributed by atoms with Gasteiger partial charge in [-0.1, -0.05) is 23.7 Å². The first-order valence-electron chi connectivity index (χ1n) is 9.31. The van der Waals surface area contributed by atoms with E-state index >= 15 is 0 Å². The summed E-state index contributed by atoms with van der Waals surface area (Å²) in [5.41, 5.74) is 2.19. The monoisotopic (exact) mass is 491 g/mol. The number of thioether (sulfide) groups is 1. The first-order valence-corrected chi connectivity index (χ1v) is 12.7. The fraction of sp³-hybridized carbons (Fsp3) is 0.0417. The lowest BCUT2D eigenvalue weighted by Gasteiger charge is -2.34. The maximum absolute atomic E-state index is 13.6. The molecule has 0 N–H and O–H groups in total. The van der Waals surface area contributed by atoms with Gasteiger partial charge in [0.2, 0.25) is 5.78 Å². The summed E-state index contributed by atoms with van der Waals surface area (Å²) in [5, 5.41) is 24.4. The third-order valence-corrected chi connectivity index (χ3v) is 7.51. The number of hydrogen-bond donors (Lipinski definition) is 0. The molecule has 4 rings (SSSR count). The van der Waals surface area contributed by atoms with Gasteiger partial charge in [0.15, 0.2) is 0 Å². The van der Waals surface area contributed by atoms with Gasteiger partial charge in [0.1, 0.15) is 17.7 Å². The van der Waals surface area contributed by atoms with Crippen LogP contribution in [0.3, 0.4) is 0 Å². The topological polar surface area (TPSA) is 67.9 Å². The molecule has 1 aromatic carbocycles. The van der Waals surface area contributed by atoms with Crippen LogP contribution in [0.1, 0.15) is 14.5 Å². The van der Waals surface area contributed by atoms with E-state index in [0.717, 1.165) is 16.3 Å². The van der Waals surface area contributed by atoms with Crippen LogP contribution in [0.25, 0.3) is 5.70 Å². The van der Waals surface area contributed by atoms with E-state index in [9.17, 15) is 15.3 Å². The lowest BCUT2D eigenvalue weighted by molar-refractivity contribution is 0.104. The van der Waals surface area contributed by atoms with Gasteiger partial charge in [-0.2, -0.15) is 10.5 Å². The third kappa shape index (κ3) is 4.04. The van der Waals surface area contributed by atoms with Crippen molar-refractivity contribution in [2.45, 2.75) is 0 Å². The zero-order valence-electron chi connectivity index (χ0n) is 16.7. The molecule has 1 aliphatic heterocycles. The van der Waals surface area contributed by atoms with E-state index in [1.165, 1.54) is 23.1 Å². The molecular weight excluding hydrogens is 478 g/mol. The average molecular weight is 492 g/mol. The third-order valence-electron chi connectivity index (χ3n) is 4.73. The minimum Gasteiger partial charge on any atom is -0.303 e. The van der Waals surface area contributed by atoms with Crippen molar-refractivity contribution < 1.29 is 4.79 Å². The van der Waals surface area contributed by atoms with Crippen molar-refractivity contribution in [2.75, 3.05) is 11.2 Å². The summed E-state index contributed by atoms with van der Waals surface area (Å²) in [4.78, 5) is 17.1. The number of hydrogen-bond acceptors (Lipinski definition) is 7. The van der Waals surface area contributed by atoms with Crippen molar-refractivity contribution in [3.05, 3.63) is 102 Å². The van der Waals surface area contributed by atoms with Gasteiger partial charge in [0, 0.05) is 16.3 Å². The molecule has 0 amide bonds. The van der Waals surface area contributed by atoms with Crippen LogP contribution in [-0.4, -0.2) is 12.0 Å².